The van der Waals surface area contributed by atoms with E-state index >= 15 is 0 Å². The van der Waals surface area contributed by atoms with Crippen molar-refractivity contribution in [1.82, 2.24) is 5.32 Å². The maximum atomic E-state index is 10.4. The van der Waals surface area contributed by atoms with Crippen LogP contribution in [-0.4, -0.2) is 23.3 Å². The lowest BCUT2D eigenvalue weighted by molar-refractivity contribution is 0.186. The molecule has 0 bridgehead atoms. The summed E-state index contributed by atoms with van der Waals surface area (Å²) in [7, 11) is 0. The topological polar surface area (TPSA) is 75.3 Å². The van der Waals surface area contributed by atoms with E-state index in [1.807, 2.05) is 0 Å². The van der Waals surface area contributed by atoms with Crippen molar-refractivity contribution < 1.29 is 9.90 Å². The van der Waals surface area contributed by atoms with Crippen molar-refractivity contribution >= 4 is 6.09 Å². The third-order valence-corrected chi connectivity index (χ3v) is 2.30. The number of amides is 1. The van der Waals surface area contributed by atoms with Gasteiger partial charge in [0.2, 0.25) is 0 Å². The summed E-state index contributed by atoms with van der Waals surface area (Å²) < 4.78 is 0. The molecule has 0 aliphatic heterocycles. The molecule has 4 nitrogen and oxygen atoms in total. The molecule has 0 saturated heterocycles. The SMILES string of the molecule is N[C@H]1CC/C=C/CC[C@H]1NC(=O)O. The van der Waals surface area contributed by atoms with E-state index in [0.717, 1.165) is 25.7 Å². The molecule has 74 valence electrons. The Hall–Kier alpha value is -1.03. The molecule has 0 aromatic rings. The van der Waals surface area contributed by atoms with E-state index < -0.39 is 6.09 Å². The first-order chi connectivity index (χ1) is 6.20. The Bertz CT molecular complexity index is 204. The number of hydrogen-bond donors (Lipinski definition) is 3. The summed E-state index contributed by atoms with van der Waals surface area (Å²) in [5, 5.41) is 11.0. The van der Waals surface area contributed by atoms with Crippen LogP contribution in [-0.2, 0) is 0 Å². The Morgan fingerprint density at radius 2 is 2.00 bits per heavy atom. The summed E-state index contributed by atoms with van der Waals surface area (Å²) in [6.07, 6.45) is 6.70. The maximum absolute atomic E-state index is 10.4. The predicted molar refractivity (Wildman–Crippen MR) is 50.5 cm³/mol. The van der Waals surface area contributed by atoms with E-state index in [1.54, 1.807) is 0 Å². The Morgan fingerprint density at radius 1 is 1.38 bits per heavy atom. The van der Waals surface area contributed by atoms with Crippen LogP contribution in [0, 0.1) is 0 Å². The third-order valence-electron chi connectivity index (χ3n) is 2.30. The number of carboxylic acid groups (broad SMARTS) is 1. The third kappa shape index (κ3) is 3.46. The van der Waals surface area contributed by atoms with Gasteiger partial charge in [0.05, 0.1) is 0 Å². The number of nitrogens with one attached hydrogen (secondary N) is 1. The first-order valence-corrected chi connectivity index (χ1v) is 4.60. The average Bonchev–Trinajstić information content (AvgIpc) is 2.04. The number of nitrogens with two attached hydrogens (primary N) is 1. The molecule has 1 rings (SSSR count). The first-order valence-electron chi connectivity index (χ1n) is 4.60. The van der Waals surface area contributed by atoms with Crippen LogP contribution < -0.4 is 11.1 Å². The molecule has 0 unspecified atom stereocenters. The molecule has 0 heterocycles. The van der Waals surface area contributed by atoms with Gasteiger partial charge in [-0.3, -0.25) is 0 Å². The van der Waals surface area contributed by atoms with Crippen molar-refractivity contribution in [3.63, 3.8) is 0 Å². The molecule has 0 spiro atoms. The smallest absolute Gasteiger partial charge is 0.404 e. The molecular formula is C9H16N2O2. The minimum Gasteiger partial charge on any atom is -0.465 e. The van der Waals surface area contributed by atoms with Crippen molar-refractivity contribution in [2.45, 2.75) is 37.8 Å². The van der Waals surface area contributed by atoms with Crippen LogP contribution in [0.4, 0.5) is 4.79 Å². The zero-order valence-electron chi connectivity index (χ0n) is 7.57. The number of hydrogen-bond acceptors (Lipinski definition) is 2. The summed E-state index contributed by atoms with van der Waals surface area (Å²) >= 11 is 0. The number of allylic oxidation sites excluding steroid dienone is 2. The zero-order valence-corrected chi connectivity index (χ0v) is 7.57. The second-order valence-electron chi connectivity index (χ2n) is 3.35. The van der Waals surface area contributed by atoms with Crippen LogP contribution in [0.5, 0.6) is 0 Å². The van der Waals surface area contributed by atoms with Gasteiger partial charge in [-0.1, -0.05) is 12.2 Å². The Balaban J connectivity index is 2.48. The molecule has 0 saturated carbocycles. The minimum atomic E-state index is -0.981. The molecule has 1 amide bonds. The summed E-state index contributed by atoms with van der Waals surface area (Å²) in [6.45, 7) is 0. The first kappa shape index (κ1) is 10.1. The second kappa shape index (κ2) is 4.87. The lowest BCUT2D eigenvalue weighted by atomic mass is 9.96. The van der Waals surface area contributed by atoms with Crippen molar-refractivity contribution in [2.24, 2.45) is 5.73 Å². The quantitative estimate of drug-likeness (QED) is 0.534. The lowest BCUT2D eigenvalue weighted by Crippen LogP contribution is -2.47. The number of rotatable bonds is 1. The molecule has 0 fully saturated rings. The highest BCUT2D eigenvalue weighted by molar-refractivity contribution is 5.64. The van der Waals surface area contributed by atoms with Crippen molar-refractivity contribution in [2.75, 3.05) is 0 Å². The average molecular weight is 184 g/mol. The van der Waals surface area contributed by atoms with Gasteiger partial charge in [-0.15, -0.1) is 0 Å². The normalized spacial score (nSPS) is 31.5. The van der Waals surface area contributed by atoms with Crippen molar-refractivity contribution in [1.29, 1.82) is 0 Å². The summed E-state index contributed by atoms with van der Waals surface area (Å²) in [4.78, 5) is 10.4. The van der Waals surface area contributed by atoms with Crippen LogP contribution in [0.25, 0.3) is 0 Å². The van der Waals surface area contributed by atoms with E-state index in [-0.39, 0.29) is 12.1 Å². The fourth-order valence-corrected chi connectivity index (χ4v) is 1.55. The van der Waals surface area contributed by atoms with E-state index in [9.17, 15) is 4.79 Å². The molecule has 0 aromatic carbocycles. The van der Waals surface area contributed by atoms with Gasteiger partial charge in [0, 0.05) is 12.1 Å². The van der Waals surface area contributed by atoms with Crippen LogP contribution >= 0.6 is 0 Å². The second-order valence-corrected chi connectivity index (χ2v) is 3.35. The highest BCUT2D eigenvalue weighted by atomic mass is 16.4. The Morgan fingerprint density at radius 3 is 2.62 bits per heavy atom. The van der Waals surface area contributed by atoms with Gasteiger partial charge in [0.15, 0.2) is 0 Å². The van der Waals surface area contributed by atoms with E-state index in [4.69, 9.17) is 10.8 Å². The highest BCUT2D eigenvalue weighted by Crippen LogP contribution is 2.11. The molecule has 0 radical (unpaired) electrons. The summed E-state index contributed by atoms with van der Waals surface area (Å²) in [5.41, 5.74) is 5.84. The van der Waals surface area contributed by atoms with Gasteiger partial charge in [-0.2, -0.15) is 0 Å². The monoisotopic (exact) mass is 184 g/mol. The molecule has 1 aliphatic carbocycles. The molecule has 4 N–H and O–H groups in total. The van der Waals surface area contributed by atoms with Gasteiger partial charge in [0.1, 0.15) is 0 Å². The Labute approximate surface area is 77.8 Å². The van der Waals surface area contributed by atoms with Crippen LogP contribution in [0.1, 0.15) is 25.7 Å². The van der Waals surface area contributed by atoms with Gasteiger partial charge in [0.25, 0.3) is 0 Å². The van der Waals surface area contributed by atoms with E-state index in [2.05, 4.69) is 17.5 Å². The van der Waals surface area contributed by atoms with Crippen LogP contribution in [0.15, 0.2) is 12.2 Å². The highest BCUT2D eigenvalue weighted by Gasteiger charge is 2.19. The summed E-state index contributed by atoms with van der Waals surface area (Å²) in [5.74, 6) is 0. The van der Waals surface area contributed by atoms with E-state index in [1.165, 1.54) is 0 Å². The van der Waals surface area contributed by atoms with E-state index in [0.29, 0.717) is 0 Å². The van der Waals surface area contributed by atoms with Gasteiger partial charge >= 0.3 is 6.09 Å². The molecule has 4 heteroatoms. The predicted octanol–water partition coefficient (Wildman–Crippen LogP) is 1.08. The fourth-order valence-electron chi connectivity index (χ4n) is 1.55. The van der Waals surface area contributed by atoms with Gasteiger partial charge < -0.3 is 16.2 Å². The molecule has 13 heavy (non-hydrogen) atoms. The standard InChI is InChI=1S/C9H16N2O2/c10-7-5-3-1-2-4-6-8(7)11-9(12)13/h1-2,7-8,11H,3-6,10H2,(H,12,13)/b2-1+/t7-,8+/m0/s1. The molecular weight excluding hydrogens is 168 g/mol. The fraction of sp³-hybridized carbons (Fsp3) is 0.667. The van der Waals surface area contributed by atoms with Gasteiger partial charge in [-0.25, -0.2) is 4.79 Å². The van der Waals surface area contributed by atoms with Crippen molar-refractivity contribution in [3.8, 4) is 0 Å². The van der Waals surface area contributed by atoms with Crippen LogP contribution in [0.3, 0.4) is 0 Å². The summed E-state index contributed by atoms with van der Waals surface area (Å²) in [6, 6.07) is -0.150. The van der Waals surface area contributed by atoms with Crippen molar-refractivity contribution in [3.05, 3.63) is 12.2 Å². The maximum Gasteiger partial charge on any atom is 0.404 e. The molecule has 0 aromatic heterocycles. The molecule has 1 aliphatic rings. The Kier molecular flexibility index (Phi) is 3.76. The zero-order chi connectivity index (χ0) is 9.68. The number of carbonyl (C=O) groups is 1. The lowest BCUT2D eigenvalue weighted by Gasteiger charge is -2.24. The van der Waals surface area contributed by atoms with Crippen LogP contribution in [0.2, 0.25) is 0 Å². The minimum absolute atomic E-state index is 0.0546. The van der Waals surface area contributed by atoms with Gasteiger partial charge in [-0.05, 0) is 25.7 Å². The molecule has 2 atom stereocenters. The largest absolute Gasteiger partial charge is 0.465 e.